The highest BCUT2D eigenvalue weighted by Gasteiger charge is 2.25. The molecule has 23 heavy (non-hydrogen) atoms. The van der Waals surface area contributed by atoms with Gasteiger partial charge in [-0.05, 0) is 25.0 Å². The average Bonchev–Trinajstić information content (AvgIpc) is 3.16. The molecule has 1 aliphatic rings. The van der Waals surface area contributed by atoms with Gasteiger partial charge in [-0.3, -0.25) is 0 Å². The highest BCUT2D eigenvalue weighted by atomic mass is 32.1. The molecule has 6 heteroatoms. The summed E-state index contributed by atoms with van der Waals surface area (Å²) in [6.07, 6.45) is 5.55. The van der Waals surface area contributed by atoms with Gasteiger partial charge in [-0.1, -0.05) is 18.6 Å². The zero-order chi connectivity index (χ0) is 15.6. The Morgan fingerprint density at radius 1 is 1.26 bits per heavy atom. The van der Waals surface area contributed by atoms with Gasteiger partial charge in [-0.15, -0.1) is 21.5 Å². The standard InChI is InChI=1S/C17H18N4OS/c1-21-15(19-20-16(21)12-5-4-6-12)11-22-14-8-3-2-7-13(14)17-18-9-10-23-17/h2-3,7-10,12H,4-6,11H2,1H3. The summed E-state index contributed by atoms with van der Waals surface area (Å²) in [5.41, 5.74) is 1.02. The fourth-order valence-electron chi connectivity index (χ4n) is 2.79. The van der Waals surface area contributed by atoms with Crippen molar-refractivity contribution >= 4 is 11.3 Å². The molecule has 118 valence electrons. The molecule has 0 amide bonds. The van der Waals surface area contributed by atoms with Crippen LogP contribution in [-0.2, 0) is 13.7 Å². The van der Waals surface area contributed by atoms with E-state index in [0.717, 1.165) is 28.0 Å². The van der Waals surface area contributed by atoms with Crippen LogP contribution in [0.1, 0.15) is 36.8 Å². The van der Waals surface area contributed by atoms with Gasteiger partial charge < -0.3 is 9.30 Å². The van der Waals surface area contributed by atoms with Gasteiger partial charge in [0.2, 0.25) is 0 Å². The van der Waals surface area contributed by atoms with Crippen molar-refractivity contribution in [2.24, 2.45) is 7.05 Å². The molecule has 5 nitrogen and oxygen atoms in total. The topological polar surface area (TPSA) is 52.8 Å². The fraction of sp³-hybridized carbons (Fsp3) is 0.353. The molecular weight excluding hydrogens is 308 g/mol. The maximum absolute atomic E-state index is 6.02. The van der Waals surface area contributed by atoms with Crippen LogP contribution < -0.4 is 4.74 Å². The molecule has 0 saturated heterocycles. The number of hydrogen-bond acceptors (Lipinski definition) is 5. The summed E-state index contributed by atoms with van der Waals surface area (Å²) in [5.74, 6) is 3.35. The van der Waals surface area contributed by atoms with E-state index >= 15 is 0 Å². The first-order valence-electron chi connectivity index (χ1n) is 7.83. The van der Waals surface area contributed by atoms with E-state index in [0.29, 0.717) is 12.5 Å². The largest absolute Gasteiger partial charge is 0.485 e. The molecule has 1 aliphatic carbocycles. The zero-order valence-corrected chi connectivity index (χ0v) is 13.8. The molecule has 1 aromatic carbocycles. The van der Waals surface area contributed by atoms with E-state index in [1.165, 1.54) is 19.3 Å². The summed E-state index contributed by atoms with van der Waals surface area (Å²) in [6, 6.07) is 7.98. The maximum Gasteiger partial charge on any atom is 0.170 e. The van der Waals surface area contributed by atoms with Gasteiger partial charge in [0.1, 0.15) is 23.2 Å². The van der Waals surface area contributed by atoms with Gasteiger partial charge in [-0.2, -0.15) is 0 Å². The second-order valence-corrected chi connectivity index (χ2v) is 6.68. The number of hydrogen-bond donors (Lipinski definition) is 0. The highest BCUT2D eigenvalue weighted by molar-refractivity contribution is 7.13. The normalized spacial score (nSPS) is 14.7. The molecule has 1 fully saturated rings. The number of para-hydroxylation sites is 1. The Hall–Kier alpha value is -2.21. The van der Waals surface area contributed by atoms with E-state index in [-0.39, 0.29) is 0 Å². The third-order valence-electron chi connectivity index (χ3n) is 4.38. The first-order chi connectivity index (χ1) is 11.3. The van der Waals surface area contributed by atoms with Crippen LogP contribution in [-0.4, -0.2) is 19.7 Å². The van der Waals surface area contributed by atoms with Crippen molar-refractivity contribution in [3.05, 3.63) is 47.5 Å². The van der Waals surface area contributed by atoms with Crippen LogP contribution in [0.4, 0.5) is 0 Å². The van der Waals surface area contributed by atoms with Crippen LogP contribution in [0.3, 0.4) is 0 Å². The summed E-state index contributed by atoms with van der Waals surface area (Å²) < 4.78 is 8.10. The third kappa shape index (κ3) is 2.74. The zero-order valence-electron chi connectivity index (χ0n) is 13.0. The van der Waals surface area contributed by atoms with E-state index in [9.17, 15) is 0 Å². The number of thiazole rings is 1. The summed E-state index contributed by atoms with van der Waals surface area (Å²) in [4.78, 5) is 4.37. The van der Waals surface area contributed by atoms with E-state index in [1.807, 2.05) is 42.9 Å². The van der Waals surface area contributed by atoms with Crippen LogP contribution in [0.5, 0.6) is 5.75 Å². The molecule has 4 rings (SSSR count). The Bertz CT molecular complexity index is 793. The van der Waals surface area contributed by atoms with Gasteiger partial charge in [-0.25, -0.2) is 4.98 Å². The molecule has 0 spiro atoms. The molecule has 3 aromatic rings. The fourth-order valence-corrected chi connectivity index (χ4v) is 3.46. The van der Waals surface area contributed by atoms with Gasteiger partial charge in [0.05, 0.1) is 5.56 Å². The van der Waals surface area contributed by atoms with Gasteiger partial charge in [0.15, 0.2) is 5.82 Å². The van der Waals surface area contributed by atoms with Gasteiger partial charge >= 0.3 is 0 Å². The minimum absolute atomic E-state index is 0.415. The van der Waals surface area contributed by atoms with Crippen molar-refractivity contribution in [2.45, 2.75) is 31.8 Å². The van der Waals surface area contributed by atoms with E-state index in [1.54, 1.807) is 11.3 Å². The van der Waals surface area contributed by atoms with Crippen molar-refractivity contribution in [3.8, 4) is 16.3 Å². The molecule has 2 aromatic heterocycles. The second kappa shape index (κ2) is 6.12. The Morgan fingerprint density at radius 3 is 2.87 bits per heavy atom. The number of aromatic nitrogens is 4. The van der Waals surface area contributed by atoms with Crippen molar-refractivity contribution in [1.29, 1.82) is 0 Å². The smallest absolute Gasteiger partial charge is 0.170 e. The first-order valence-corrected chi connectivity index (χ1v) is 8.71. The number of ether oxygens (including phenoxy) is 1. The molecule has 0 bridgehead atoms. The van der Waals surface area contributed by atoms with Crippen molar-refractivity contribution in [2.75, 3.05) is 0 Å². The highest BCUT2D eigenvalue weighted by Crippen LogP contribution is 2.35. The molecule has 0 aliphatic heterocycles. The second-order valence-electron chi connectivity index (χ2n) is 5.78. The maximum atomic E-state index is 6.02. The van der Waals surface area contributed by atoms with Gasteiger partial charge in [0.25, 0.3) is 0 Å². The monoisotopic (exact) mass is 326 g/mol. The van der Waals surface area contributed by atoms with Crippen LogP contribution in [0.15, 0.2) is 35.8 Å². The van der Waals surface area contributed by atoms with Crippen LogP contribution in [0.2, 0.25) is 0 Å². The molecular formula is C17H18N4OS. The predicted molar refractivity (Wildman–Crippen MR) is 89.5 cm³/mol. The van der Waals surface area contributed by atoms with Crippen LogP contribution >= 0.6 is 11.3 Å². The molecule has 0 N–H and O–H groups in total. The average molecular weight is 326 g/mol. The lowest BCUT2D eigenvalue weighted by Gasteiger charge is -2.24. The van der Waals surface area contributed by atoms with Crippen molar-refractivity contribution < 1.29 is 4.74 Å². The number of benzene rings is 1. The predicted octanol–water partition coefficient (Wildman–Crippen LogP) is 3.79. The quantitative estimate of drug-likeness (QED) is 0.716. The molecule has 0 radical (unpaired) electrons. The summed E-state index contributed by atoms with van der Waals surface area (Å²) in [5, 5.41) is 11.6. The summed E-state index contributed by atoms with van der Waals surface area (Å²) in [7, 11) is 2.03. The molecule has 1 saturated carbocycles. The lowest BCUT2D eigenvalue weighted by atomic mass is 9.85. The van der Waals surface area contributed by atoms with Gasteiger partial charge in [0, 0.05) is 24.5 Å². The minimum Gasteiger partial charge on any atom is -0.485 e. The Kier molecular flexibility index (Phi) is 3.83. The SMILES string of the molecule is Cn1c(COc2ccccc2-c2nccs2)nnc1C1CCC1. The van der Waals surface area contributed by atoms with Crippen molar-refractivity contribution in [3.63, 3.8) is 0 Å². The van der Waals surface area contributed by atoms with E-state index in [4.69, 9.17) is 4.74 Å². The summed E-state index contributed by atoms with van der Waals surface area (Å²) in [6.45, 7) is 0.415. The van der Waals surface area contributed by atoms with E-state index < -0.39 is 0 Å². The van der Waals surface area contributed by atoms with E-state index in [2.05, 4.69) is 19.7 Å². The summed E-state index contributed by atoms with van der Waals surface area (Å²) >= 11 is 1.61. The first kappa shape index (κ1) is 14.4. The lowest BCUT2D eigenvalue weighted by Crippen LogP contribution is -2.15. The molecule has 2 heterocycles. The molecule has 0 atom stereocenters. The van der Waals surface area contributed by atoms with Crippen molar-refractivity contribution in [1.82, 2.24) is 19.7 Å². The third-order valence-corrected chi connectivity index (χ3v) is 5.18. The lowest BCUT2D eigenvalue weighted by molar-refractivity contribution is 0.291. The Balaban J connectivity index is 1.53. The number of nitrogens with zero attached hydrogens (tertiary/aromatic N) is 4. The van der Waals surface area contributed by atoms with Crippen LogP contribution in [0.25, 0.3) is 10.6 Å². The Labute approximate surface area is 139 Å². The Morgan fingerprint density at radius 2 is 2.13 bits per heavy atom. The molecule has 0 unspecified atom stereocenters. The minimum atomic E-state index is 0.415. The van der Waals surface area contributed by atoms with Crippen LogP contribution in [0, 0.1) is 0 Å². The number of rotatable bonds is 5.